The summed E-state index contributed by atoms with van der Waals surface area (Å²) in [7, 11) is 1.80. The Morgan fingerprint density at radius 2 is 2.19 bits per heavy atom. The summed E-state index contributed by atoms with van der Waals surface area (Å²) in [6.07, 6.45) is 4.82. The van der Waals surface area contributed by atoms with E-state index in [0.29, 0.717) is 12.6 Å². The Balaban J connectivity index is 2.17. The van der Waals surface area contributed by atoms with E-state index in [0.717, 1.165) is 19.4 Å². The monoisotopic (exact) mass is 228 g/mol. The molecule has 4 heteroatoms. The van der Waals surface area contributed by atoms with Crippen molar-refractivity contribution in [1.82, 2.24) is 10.6 Å². The second kappa shape index (κ2) is 6.21. The predicted molar refractivity (Wildman–Crippen MR) is 64.4 cm³/mol. The molecule has 1 aliphatic rings. The number of rotatable bonds is 5. The number of carbonyl (C=O) groups is 1. The van der Waals surface area contributed by atoms with Gasteiger partial charge in [0.15, 0.2) is 0 Å². The molecule has 16 heavy (non-hydrogen) atoms. The van der Waals surface area contributed by atoms with Gasteiger partial charge in [-0.1, -0.05) is 0 Å². The van der Waals surface area contributed by atoms with E-state index in [4.69, 9.17) is 4.74 Å². The van der Waals surface area contributed by atoms with E-state index in [1.165, 1.54) is 12.8 Å². The van der Waals surface area contributed by atoms with Crippen LogP contribution < -0.4 is 10.6 Å². The van der Waals surface area contributed by atoms with Gasteiger partial charge in [0, 0.05) is 13.2 Å². The maximum absolute atomic E-state index is 11.7. The van der Waals surface area contributed by atoms with Crippen LogP contribution in [-0.4, -0.2) is 37.7 Å². The molecule has 2 N–H and O–H groups in total. The molecule has 0 saturated carbocycles. The first-order chi connectivity index (χ1) is 7.56. The third kappa shape index (κ3) is 4.10. The molecule has 0 aromatic rings. The Morgan fingerprint density at radius 3 is 2.75 bits per heavy atom. The van der Waals surface area contributed by atoms with Gasteiger partial charge in [0.05, 0.1) is 11.6 Å². The Morgan fingerprint density at radius 1 is 1.44 bits per heavy atom. The van der Waals surface area contributed by atoms with Gasteiger partial charge in [0.1, 0.15) is 0 Å². The highest BCUT2D eigenvalue weighted by Crippen LogP contribution is 2.14. The first-order valence-corrected chi connectivity index (χ1v) is 6.15. The van der Waals surface area contributed by atoms with E-state index < -0.39 is 5.54 Å². The van der Waals surface area contributed by atoms with Gasteiger partial charge in [-0.25, -0.2) is 0 Å². The highest BCUT2D eigenvalue weighted by molar-refractivity contribution is 5.85. The Bertz CT molecular complexity index is 223. The zero-order valence-corrected chi connectivity index (χ0v) is 10.6. The number of hydrogen-bond acceptors (Lipinski definition) is 3. The van der Waals surface area contributed by atoms with Gasteiger partial charge in [0.25, 0.3) is 0 Å². The molecule has 1 rings (SSSR count). The quantitative estimate of drug-likeness (QED) is 0.740. The van der Waals surface area contributed by atoms with Crippen LogP contribution in [0.3, 0.4) is 0 Å². The molecular weight excluding hydrogens is 204 g/mol. The first kappa shape index (κ1) is 13.5. The lowest BCUT2D eigenvalue weighted by Crippen LogP contribution is -2.51. The van der Waals surface area contributed by atoms with Crippen molar-refractivity contribution in [3.05, 3.63) is 0 Å². The molecule has 4 nitrogen and oxygen atoms in total. The fourth-order valence-electron chi connectivity index (χ4n) is 1.72. The smallest absolute Gasteiger partial charge is 0.239 e. The molecule has 0 bridgehead atoms. The predicted octanol–water partition coefficient (Wildman–Crippen LogP) is 1.06. The molecule has 0 aliphatic carbocycles. The van der Waals surface area contributed by atoms with Crippen molar-refractivity contribution in [3.8, 4) is 0 Å². The summed E-state index contributed by atoms with van der Waals surface area (Å²) in [5, 5.41) is 5.93. The number of carbonyl (C=O) groups excluding carboxylic acids is 1. The van der Waals surface area contributed by atoms with Crippen LogP contribution in [-0.2, 0) is 9.53 Å². The lowest BCUT2D eigenvalue weighted by atomic mass is 10.0. The molecule has 1 unspecified atom stereocenters. The highest BCUT2D eigenvalue weighted by Gasteiger charge is 2.24. The number of nitrogens with one attached hydrogen (secondary N) is 2. The minimum atomic E-state index is -0.493. The first-order valence-electron chi connectivity index (χ1n) is 6.15. The largest absolute Gasteiger partial charge is 0.378 e. The van der Waals surface area contributed by atoms with Crippen molar-refractivity contribution in [2.45, 2.75) is 51.2 Å². The van der Waals surface area contributed by atoms with Gasteiger partial charge in [-0.3, -0.25) is 4.79 Å². The van der Waals surface area contributed by atoms with Gasteiger partial charge in [-0.05, 0) is 46.6 Å². The second-order valence-electron chi connectivity index (χ2n) is 4.91. The number of amides is 1. The maximum Gasteiger partial charge on any atom is 0.239 e. The van der Waals surface area contributed by atoms with Crippen LogP contribution in [0.5, 0.6) is 0 Å². The van der Waals surface area contributed by atoms with Crippen LogP contribution in [0.25, 0.3) is 0 Å². The zero-order chi connectivity index (χ0) is 12.0. The summed E-state index contributed by atoms with van der Waals surface area (Å²) >= 11 is 0. The van der Waals surface area contributed by atoms with Crippen molar-refractivity contribution in [2.24, 2.45) is 0 Å². The number of ether oxygens (including phenoxy) is 1. The summed E-state index contributed by atoms with van der Waals surface area (Å²) in [5.74, 6) is 0.0470. The lowest BCUT2D eigenvalue weighted by molar-refractivity contribution is -0.126. The lowest BCUT2D eigenvalue weighted by Gasteiger charge is -2.25. The van der Waals surface area contributed by atoms with Crippen molar-refractivity contribution in [3.63, 3.8) is 0 Å². The van der Waals surface area contributed by atoms with Crippen LogP contribution in [0, 0.1) is 0 Å². The van der Waals surface area contributed by atoms with Crippen LogP contribution >= 0.6 is 0 Å². The minimum Gasteiger partial charge on any atom is -0.378 e. The molecule has 0 aromatic heterocycles. The third-order valence-electron chi connectivity index (χ3n) is 3.22. The number of hydrogen-bond donors (Lipinski definition) is 2. The van der Waals surface area contributed by atoms with Gasteiger partial charge >= 0.3 is 0 Å². The van der Waals surface area contributed by atoms with Crippen molar-refractivity contribution >= 4 is 5.91 Å². The standard InChI is InChI=1S/C12H24N2O2/c1-12(2,13-3)11(15)14-8-7-10-6-4-5-9-16-10/h10,13H,4-9H2,1-3H3,(H,14,15). The highest BCUT2D eigenvalue weighted by atomic mass is 16.5. The van der Waals surface area contributed by atoms with E-state index in [1.807, 2.05) is 13.8 Å². The maximum atomic E-state index is 11.7. The van der Waals surface area contributed by atoms with E-state index >= 15 is 0 Å². The molecule has 1 atom stereocenters. The molecule has 1 heterocycles. The van der Waals surface area contributed by atoms with Crippen molar-refractivity contribution in [1.29, 1.82) is 0 Å². The molecule has 0 aromatic carbocycles. The van der Waals surface area contributed by atoms with Gasteiger partial charge in [-0.15, -0.1) is 0 Å². The summed E-state index contributed by atoms with van der Waals surface area (Å²) in [4.78, 5) is 11.7. The summed E-state index contributed by atoms with van der Waals surface area (Å²) in [6.45, 7) is 5.33. The molecular formula is C12H24N2O2. The Labute approximate surface area is 98.1 Å². The van der Waals surface area contributed by atoms with E-state index in [2.05, 4.69) is 10.6 Å². The SMILES string of the molecule is CNC(C)(C)C(=O)NCCC1CCCCO1. The van der Waals surface area contributed by atoms with Crippen LogP contribution in [0.2, 0.25) is 0 Å². The topological polar surface area (TPSA) is 50.4 Å². The summed E-state index contributed by atoms with van der Waals surface area (Å²) in [6, 6.07) is 0. The Hall–Kier alpha value is -0.610. The molecule has 94 valence electrons. The van der Waals surface area contributed by atoms with Crippen LogP contribution in [0.15, 0.2) is 0 Å². The third-order valence-corrected chi connectivity index (χ3v) is 3.22. The fourth-order valence-corrected chi connectivity index (χ4v) is 1.72. The molecule has 1 saturated heterocycles. The minimum absolute atomic E-state index is 0.0470. The normalized spacial score (nSPS) is 21.8. The van der Waals surface area contributed by atoms with Gasteiger partial charge in [-0.2, -0.15) is 0 Å². The van der Waals surface area contributed by atoms with Crippen molar-refractivity contribution in [2.75, 3.05) is 20.2 Å². The second-order valence-corrected chi connectivity index (χ2v) is 4.91. The van der Waals surface area contributed by atoms with Gasteiger partial charge < -0.3 is 15.4 Å². The van der Waals surface area contributed by atoms with E-state index in [-0.39, 0.29) is 5.91 Å². The van der Waals surface area contributed by atoms with E-state index in [1.54, 1.807) is 7.05 Å². The zero-order valence-electron chi connectivity index (χ0n) is 10.6. The molecule has 1 fully saturated rings. The summed E-state index contributed by atoms with van der Waals surface area (Å²) < 4.78 is 5.60. The Kier molecular flexibility index (Phi) is 5.22. The van der Waals surface area contributed by atoms with Gasteiger partial charge in [0.2, 0.25) is 5.91 Å². The van der Waals surface area contributed by atoms with Crippen LogP contribution in [0.1, 0.15) is 39.5 Å². The fraction of sp³-hybridized carbons (Fsp3) is 0.917. The average Bonchev–Trinajstić information content (AvgIpc) is 2.30. The van der Waals surface area contributed by atoms with E-state index in [9.17, 15) is 4.79 Å². The van der Waals surface area contributed by atoms with Crippen molar-refractivity contribution < 1.29 is 9.53 Å². The number of likely N-dealkylation sites (N-methyl/N-ethyl adjacent to an activating group) is 1. The average molecular weight is 228 g/mol. The molecule has 0 spiro atoms. The molecule has 1 aliphatic heterocycles. The molecule has 0 radical (unpaired) electrons. The van der Waals surface area contributed by atoms with Crippen LogP contribution in [0.4, 0.5) is 0 Å². The molecule has 1 amide bonds. The summed E-state index contributed by atoms with van der Waals surface area (Å²) in [5.41, 5.74) is -0.493.